The Morgan fingerprint density at radius 2 is 1.79 bits per heavy atom. The van der Waals surface area contributed by atoms with Gasteiger partial charge in [0.05, 0.1) is 19.8 Å². The predicted molar refractivity (Wildman–Crippen MR) is 93.9 cm³/mol. The van der Waals surface area contributed by atoms with E-state index in [9.17, 15) is 30.6 Å². The zero-order valence-electron chi connectivity index (χ0n) is 15.7. The molecule has 2 fully saturated rings. The van der Waals surface area contributed by atoms with Crippen LogP contribution in [0.25, 0.3) is 0 Å². The number of aliphatic hydroxyl groups excluding tert-OH is 5. The Kier molecular flexibility index (Phi) is 6.63. The highest BCUT2D eigenvalue weighted by molar-refractivity contribution is 5.37. The lowest BCUT2D eigenvalue weighted by Gasteiger charge is -2.40. The van der Waals surface area contributed by atoms with Crippen LogP contribution in [-0.2, 0) is 14.2 Å². The Morgan fingerprint density at radius 1 is 1.07 bits per heavy atom. The maximum atomic E-state index is 10.2. The lowest BCUT2D eigenvalue weighted by molar-refractivity contribution is -0.289. The number of benzene rings is 1. The number of aliphatic hydroxyl groups is 6. The van der Waals surface area contributed by atoms with Gasteiger partial charge in [0, 0.05) is 6.07 Å². The Morgan fingerprint density at radius 3 is 2.41 bits per heavy atom. The van der Waals surface area contributed by atoms with Crippen molar-refractivity contribution in [3.63, 3.8) is 0 Å². The second kappa shape index (κ2) is 8.68. The van der Waals surface area contributed by atoms with Gasteiger partial charge in [-0.15, -0.1) is 0 Å². The van der Waals surface area contributed by atoms with Crippen molar-refractivity contribution in [2.45, 2.75) is 55.6 Å². The average molecular weight is 418 g/mol. The highest BCUT2D eigenvalue weighted by Crippen LogP contribution is 2.29. The molecule has 2 heterocycles. The second-order valence-corrected chi connectivity index (χ2v) is 7.36. The fourth-order valence-corrected chi connectivity index (χ4v) is 3.21. The summed E-state index contributed by atoms with van der Waals surface area (Å²) in [5.74, 6) is 0.117. The zero-order chi connectivity index (χ0) is 21.3. The minimum absolute atomic E-state index is 0.0606. The van der Waals surface area contributed by atoms with Gasteiger partial charge in [0.1, 0.15) is 47.6 Å². The smallest absolute Gasteiger partial charge is 0.229 e. The monoisotopic (exact) mass is 418 g/mol. The van der Waals surface area contributed by atoms with E-state index in [4.69, 9.17) is 24.1 Å². The van der Waals surface area contributed by atoms with Gasteiger partial charge in [-0.1, -0.05) is 0 Å². The number of phenols is 1. The Balaban J connectivity index is 1.64. The molecule has 1 aromatic carbocycles. The standard InChI is InChI=1S/C18H26O11/c1-8-2-9(20)4-10(3-8)28-16-14(23)13(22)12(21)11(29-16)5-26-17-15(24)18(25,6-19)7-27-17/h2-4,11-17,19-25H,5-7H2,1H3/t11-,12-,13+,14-,15+,16-,17-,18?/m1/s1. The largest absolute Gasteiger partial charge is 0.508 e. The molecule has 2 saturated heterocycles. The van der Waals surface area contributed by atoms with Crippen molar-refractivity contribution >= 4 is 0 Å². The van der Waals surface area contributed by atoms with Crippen LogP contribution in [0.5, 0.6) is 11.5 Å². The summed E-state index contributed by atoms with van der Waals surface area (Å²) < 4.78 is 21.4. The van der Waals surface area contributed by atoms with Crippen molar-refractivity contribution in [3.8, 4) is 11.5 Å². The fraction of sp³-hybridized carbons (Fsp3) is 0.667. The van der Waals surface area contributed by atoms with Crippen LogP contribution in [0.2, 0.25) is 0 Å². The summed E-state index contributed by atoms with van der Waals surface area (Å²) in [6.07, 6.45) is -10.1. The van der Waals surface area contributed by atoms with Gasteiger partial charge < -0.3 is 54.7 Å². The molecular formula is C18H26O11. The van der Waals surface area contributed by atoms with Gasteiger partial charge >= 0.3 is 0 Å². The quantitative estimate of drug-likeness (QED) is 0.256. The maximum absolute atomic E-state index is 10.2. The lowest BCUT2D eigenvalue weighted by atomic mass is 9.99. The van der Waals surface area contributed by atoms with Crippen LogP contribution in [0, 0.1) is 6.92 Å². The van der Waals surface area contributed by atoms with Gasteiger partial charge in [-0.25, -0.2) is 0 Å². The first-order valence-corrected chi connectivity index (χ1v) is 9.06. The summed E-state index contributed by atoms with van der Waals surface area (Å²) in [5, 5.41) is 69.2. The van der Waals surface area contributed by atoms with Crippen molar-refractivity contribution in [3.05, 3.63) is 23.8 Å². The Bertz CT molecular complexity index is 680. The highest BCUT2D eigenvalue weighted by Gasteiger charge is 2.50. The van der Waals surface area contributed by atoms with Crippen LogP contribution in [0.15, 0.2) is 18.2 Å². The SMILES string of the molecule is Cc1cc(O)cc(O[C@@H]2O[C@H](CO[C@@H]3OCC(O)(CO)[C@H]3O)[C@@H](O)[C@H](O)[C@H]2O)c1. The molecule has 1 aromatic rings. The molecule has 8 atom stereocenters. The van der Waals surface area contributed by atoms with Gasteiger partial charge in [-0.2, -0.15) is 0 Å². The minimum atomic E-state index is -1.87. The molecule has 2 aliphatic heterocycles. The molecule has 2 aliphatic rings. The molecule has 0 saturated carbocycles. The normalized spacial score (nSPS) is 40.2. The van der Waals surface area contributed by atoms with E-state index in [2.05, 4.69) is 0 Å². The number of rotatable bonds is 6. The summed E-state index contributed by atoms with van der Waals surface area (Å²) in [7, 11) is 0. The summed E-state index contributed by atoms with van der Waals surface area (Å²) >= 11 is 0. The van der Waals surface area contributed by atoms with E-state index >= 15 is 0 Å². The molecule has 0 aromatic heterocycles. The summed E-state index contributed by atoms with van der Waals surface area (Å²) in [6, 6.07) is 4.38. The minimum Gasteiger partial charge on any atom is -0.508 e. The molecule has 11 nitrogen and oxygen atoms in total. The summed E-state index contributed by atoms with van der Waals surface area (Å²) in [4.78, 5) is 0. The highest BCUT2D eigenvalue weighted by atomic mass is 16.7. The maximum Gasteiger partial charge on any atom is 0.229 e. The van der Waals surface area contributed by atoms with Gasteiger partial charge in [-0.05, 0) is 24.6 Å². The van der Waals surface area contributed by atoms with Crippen LogP contribution in [0.3, 0.4) is 0 Å². The predicted octanol–water partition coefficient (Wildman–Crippen LogP) is -2.66. The zero-order valence-corrected chi connectivity index (χ0v) is 15.7. The molecule has 11 heteroatoms. The number of hydrogen-bond acceptors (Lipinski definition) is 11. The van der Waals surface area contributed by atoms with Crippen molar-refractivity contribution in [1.29, 1.82) is 0 Å². The third-order valence-corrected chi connectivity index (χ3v) is 4.96. The van der Waals surface area contributed by atoms with E-state index in [1.807, 2.05) is 0 Å². The molecule has 1 unspecified atom stereocenters. The van der Waals surface area contributed by atoms with Gasteiger partial charge in [0.15, 0.2) is 6.29 Å². The number of hydrogen-bond donors (Lipinski definition) is 7. The van der Waals surface area contributed by atoms with Crippen molar-refractivity contribution in [1.82, 2.24) is 0 Å². The molecule has 7 N–H and O–H groups in total. The Hall–Kier alpha value is -1.54. The molecule has 0 radical (unpaired) electrons. The van der Waals surface area contributed by atoms with E-state index < -0.39 is 55.3 Å². The molecule has 0 amide bonds. The number of ether oxygens (including phenoxy) is 4. The van der Waals surface area contributed by atoms with E-state index in [-0.39, 0.29) is 24.7 Å². The third-order valence-electron chi connectivity index (χ3n) is 4.96. The van der Waals surface area contributed by atoms with E-state index in [0.29, 0.717) is 5.56 Å². The number of phenolic OH excluding ortho intramolecular Hbond substituents is 1. The lowest BCUT2D eigenvalue weighted by Crippen LogP contribution is -2.60. The first kappa shape index (κ1) is 22.2. The van der Waals surface area contributed by atoms with Gasteiger partial charge in [0.25, 0.3) is 0 Å². The molecular weight excluding hydrogens is 392 g/mol. The summed E-state index contributed by atoms with van der Waals surface area (Å²) in [6.45, 7) is 0.252. The molecule has 3 rings (SSSR count). The molecule has 0 spiro atoms. The first-order chi connectivity index (χ1) is 13.6. The molecule has 0 bridgehead atoms. The number of aryl methyl sites for hydroxylation is 1. The van der Waals surface area contributed by atoms with Crippen LogP contribution < -0.4 is 4.74 Å². The van der Waals surface area contributed by atoms with Gasteiger partial charge in [0.2, 0.25) is 6.29 Å². The third kappa shape index (κ3) is 4.63. The first-order valence-electron chi connectivity index (χ1n) is 9.06. The topological polar surface area (TPSA) is 179 Å². The van der Waals surface area contributed by atoms with Crippen LogP contribution >= 0.6 is 0 Å². The van der Waals surface area contributed by atoms with Crippen molar-refractivity contribution in [2.75, 3.05) is 19.8 Å². The second-order valence-electron chi connectivity index (χ2n) is 7.36. The van der Waals surface area contributed by atoms with E-state index in [0.717, 1.165) is 0 Å². The van der Waals surface area contributed by atoms with Crippen LogP contribution in [0.1, 0.15) is 5.56 Å². The van der Waals surface area contributed by atoms with Gasteiger partial charge in [-0.3, -0.25) is 0 Å². The Labute approximate surface area is 166 Å². The van der Waals surface area contributed by atoms with Crippen molar-refractivity contribution in [2.24, 2.45) is 0 Å². The molecule has 164 valence electrons. The van der Waals surface area contributed by atoms with E-state index in [1.165, 1.54) is 12.1 Å². The summed E-state index contributed by atoms with van der Waals surface area (Å²) in [5.41, 5.74) is -1.18. The molecule has 0 aliphatic carbocycles. The average Bonchev–Trinajstić information content (AvgIpc) is 2.95. The van der Waals surface area contributed by atoms with Crippen LogP contribution in [0.4, 0.5) is 0 Å². The van der Waals surface area contributed by atoms with Crippen LogP contribution in [-0.4, -0.2) is 104 Å². The number of aromatic hydroxyl groups is 1. The molecule has 29 heavy (non-hydrogen) atoms. The van der Waals surface area contributed by atoms with Crippen molar-refractivity contribution < 1.29 is 54.7 Å². The van der Waals surface area contributed by atoms with E-state index in [1.54, 1.807) is 13.0 Å². The fourth-order valence-electron chi connectivity index (χ4n) is 3.21.